The Morgan fingerprint density at radius 2 is 1.80 bits per heavy atom. The normalized spacial score (nSPS) is 15.7. The molecule has 0 aliphatic carbocycles. The predicted molar refractivity (Wildman–Crippen MR) is 69.3 cm³/mol. The number of halogens is 1. The molecule has 1 saturated heterocycles. The van der Waals surface area contributed by atoms with Gasteiger partial charge in [-0.15, -0.1) is 0 Å². The number of hydrogen-bond donors (Lipinski definition) is 0. The average molecular weight is 278 g/mol. The first-order valence-corrected chi connectivity index (χ1v) is 6.23. The van der Waals surface area contributed by atoms with E-state index in [1.807, 2.05) is 0 Å². The van der Waals surface area contributed by atoms with Crippen molar-refractivity contribution >= 4 is 17.6 Å². The number of carbonyl (C=O) groups is 3. The molecule has 1 heterocycles. The first-order valence-electron chi connectivity index (χ1n) is 6.23. The SMILES string of the molecule is CN1CC(=O)N(CC(=O)Cc2ccc(F)cc2)CC1=O. The highest BCUT2D eigenvalue weighted by molar-refractivity contribution is 5.95. The number of ketones is 1. The van der Waals surface area contributed by atoms with Crippen LogP contribution >= 0.6 is 0 Å². The van der Waals surface area contributed by atoms with Gasteiger partial charge in [-0.1, -0.05) is 12.1 Å². The van der Waals surface area contributed by atoms with Crippen molar-refractivity contribution < 1.29 is 18.8 Å². The lowest BCUT2D eigenvalue weighted by atomic mass is 10.1. The van der Waals surface area contributed by atoms with Crippen LogP contribution in [0.25, 0.3) is 0 Å². The Labute approximate surface area is 116 Å². The second kappa shape index (κ2) is 5.81. The largest absolute Gasteiger partial charge is 0.335 e. The van der Waals surface area contributed by atoms with E-state index >= 15 is 0 Å². The highest BCUT2D eigenvalue weighted by Gasteiger charge is 2.28. The maximum Gasteiger partial charge on any atom is 0.243 e. The van der Waals surface area contributed by atoms with Crippen LogP contribution in [0.2, 0.25) is 0 Å². The van der Waals surface area contributed by atoms with Gasteiger partial charge in [0.25, 0.3) is 0 Å². The Morgan fingerprint density at radius 3 is 2.45 bits per heavy atom. The van der Waals surface area contributed by atoms with E-state index in [1.165, 1.54) is 34.1 Å². The number of hydrogen-bond acceptors (Lipinski definition) is 3. The van der Waals surface area contributed by atoms with Crippen molar-refractivity contribution in [1.82, 2.24) is 9.80 Å². The molecule has 0 aromatic heterocycles. The summed E-state index contributed by atoms with van der Waals surface area (Å²) in [5.41, 5.74) is 0.685. The van der Waals surface area contributed by atoms with Gasteiger partial charge in [0.2, 0.25) is 11.8 Å². The molecule has 0 atom stereocenters. The minimum Gasteiger partial charge on any atom is -0.335 e. The van der Waals surface area contributed by atoms with E-state index in [1.54, 1.807) is 7.05 Å². The van der Waals surface area contributed by atoms with Crippen LogP contribution in [0.5, 0.6) is 0 Å². The maximum absolute atomic E-state index is 12.7. The summed E-state index contributed by atoms with van der Waals surface area (Å²) in [4.78, 5) is 37.7. The van der Waals surface area contributed by atoms with Crippen molar-refractivity contribution in [3.63, 3.8) is 0 Å². The Kier molecular flexibility index (Phi) is 4.12. The minimum absolute atomic E-state index is 0.00264. The topological polar surface area (TPSA) is 57.7 Å². The average Bonchev–Trinajstić information content (AvgIpc) is 2.39. The molecule has 0 bridgehead atoms. The number of carbonyl (C=O) groups excluding carboxylic acids is 3. The number of Topliss-reactive ketones (excluding diaryl/α,β-unsaturated/α-hetero) is 1. The molecule has 0 radical (unpaired) electrons. The first kappa shape index (κ1) is 14.2. The van der Waals surface area contributed by atoms with Crippen LogP contribution < -0.4 is 0 Å². The molecular weight excluding hydrogens is 263 g/mol. The van der Waals surface area contributed by atoms with Gasteiger partial charge in [0.15, 0.2) is 5.78 Å². The molecule has 5 nitrogen and oxygen atoms in total. The van der Waals surface area contributed by atoms with Gasteiger partial charge in [0.1, 0.15) is 12.4 Å². The quantitative estimate of drug-likeness (QED) is 0.792. The fraction of sp³-hybridized carbons (Fsp3) is 0.357. The van der Waals surface area contributed by atoms with Gasteiger partial charge in [0, 0.05) is 13.5 Å². The summed E-state index contributed by atoms with van der Waals surface area (Å²) in [6.07, 6.45) is 0.119. The Bertz CT molecular complexity index is 542. The van der Waals surface area contributed by atoms with Crippen LogP contribution in [0.1, 0.15) is 5.56 Å². The van der Waals surface area contributed by atoms with Crippen molar-refractivity contribution in [3.8, 4) is 0 Å². The molecular formula is C14H15FN2O3. The molecule has 0 unspecified atom stereocenters. The second-order valence-electron chi connectivity index (χ2n) is 4.84. The molecule has 1 aliphatic rings. The van der Waals surface area contributed by atoms with Gasteiger partial charge in [-0.3, -0.25) is 14.4 Å². The van der Waals surface area contributed by atoms with Crippen molar-refractivity contribution in [1.29, 1.82) is 0 Å². The molecule has 1 fully saturated rings. The number of likely N-dealkylation sites (N-methyl/N-ethyl adjacent to an activating group) is 1. The molecule has 6 heteroatoms. The van der Waals surface area contributed by atoms with E-state index in [0.29, 0.717) is 5.56 Å². The van der Waals surface area contributed by atoms with Crippen molar-refractivity contribution in [3.05, 3.63) is 35.6 Å². The zero-order valence-electron chi connectivity index (χ0n) is 11.1. The molecule has 0 N–H and O–H groups in total. The van der Waals surface area contributed by atoms with Crippen LogP contribution in [0.15, 0.2) is 24.3 Å². The molecule has 106 valence electrons. The van der Waals surface area contributed by atoms with E-state index in [0.717, 1.165) is 0 Å². The molecule has 1 aromatic carbocycles. The van der Waals surface area contributed by atoms with Gasteiger partial charge in [-0.25, -0.2) is 4.39 Å². The molecule has 20 heavy (non-hydrogen) atoms. The molecule has 2 amide bonds. The van der Waals surface area contributed by atoms with Crippen LogP contribution in [-0.4, -0.2) is 54.1 Å². The van der Waals surface area contributed by atoms with E-state index < -0.39 is 0 Å². The molecule has 2 rings (SSSR count). The summed E-state index contributed by atoms with van der Waals surface area (Å²) < 4.78 is 12.7. The van der Waals surface area contributed by atoms with Crippen LogP contribution in [0, 0.1) is 5.82 Å². The number of rotatable bonds is 4. The summed E-state index contributed by atoms with van der Waals surface area (Å²) in [5.74, 6) is -0.956. The van der Waals surface area contributed by atoms with Crippen LogP contribution in [-0.2, 0) is 20.8 Å². The van der Waals surface area contributed by atoms with Crippen LogP contribution in [0.3, 0.4) is 0 Å². The predicted octanol–water partition coefficient (Wildman–Crippen LogP) is 0.238. The lowest BCUT2D eigenvalue weighted by Crippen LogP contribution is -2.53. The Morgan fingerprint density at radius 1 is 1.15 bits per heavy atom. The summed E-state index contributed by atoms with van der Waals surface area (Å²) in [6.45, 7) is -0.150. The fourth-order valence-corrected chi connectivity index (χ4v) is 2.01. The number of piperazine rings is 1. The molecule has 1 aromatic rings. The smallest absolute Gasteiger partial charge is 0.243 e. The van der Waals surface area contributed by atoms with E-state index in [2.05, 4.69) is 0 Å². The molecule has 0 saturated carbocycles. The van der Waals surface area contributed by atoms with E-state index in [9.17, 15) is 18.8 Å². The molecule has 1 aliphatic heterocycles. The number of amides is 2. The Balaban J connectivity index is 1.92. The van der Waals surface area contributed by atoms with Gasteiger partial charge < -0.3 is 9.80 Å². The van der Waals surface area contributed by atoms with Gasteiger partial charge in [-0.2, -0.15) is 0 Å². The van der Waals surface area contributed by atoms with E-state index in [4.69, 9.17) is 0 Å². The van der Waals surface area contributed by atoms with Crippen LogP contribution in [0.4, 0.5) is 4.39 Å². The Hall–Kier alpha value is -2.24. The lowest BCUT2D eigenvalue weighted by Gasteiger charge is -2.31. The summed E-state index contributed by atoms with van der Waals surface area (Å²) in [6, 6.07) is 5.63. The van der Waals surface area contributed by atoms with Gasteiger partial charge in [0.05, 0.1) is 13.1 Å². The number of benzene rings is 1. The fourth-order valence-electron chi connectivity index (χ4n) is 2.01. The highest BCUT2D eigenvalue weighted by atomic mass is 19.1. The first-order chi connectivity index (χ1) is 9.45. The number of nitrogens with zero attached hydrogens (tertiary/aromatic N) is 2. The van der Waals surface area contributed by atoms with Gasteiger partial charge in [-0.05, 0) is 17.7 Å². The molecule has 0 spiro atoms. The summed E-state index contributed by atoms with van der Waals surface area (Å²) in [7, 11) is 1.55. The van der Waals surface area contributed by atoms with Gasteiger partial charge >= 0.3 is 0 Å². The van der Waals surface area contributed by atoms with E-state index in [-0.39, 0.29) is 49.5 Å². The lowest BCUT2D eigenvalue weighted by molar-refractivity contribution is -0.150. The third kappa shape index (κ3) is 3.40. The van der Waals surface area contributed by atoms with Crippen molar-refractivity contribution in [2.24, 2.45) is 0 Å². The highest BCUT2D eigenvalue weighted by Crippen LogP contribution is 2.07. The second-order valence-corrected chi connectivity index (χ2v) is 4.84. The standard InChI is InChI=1S/C14H15FN2O3/c1-16-8-14(20)17(9-13(16)19)7-12(18)6-10-2-4-11(15)5-3-10/h2-5H,6-9H2,1H3. The minimum atomic E-state index is -0.360. The monoisotopic (exact) mass is 278 g/mol. The maximum atomic E-state index is 12.7. The third-order valence-electron chi connectivity index (χ3n) is 3.16. The summed E-state index contributed by atoms with van der Waals surface area (Å²) in [5, 5.41) is 0. The zero-order valence-corrected chi connectivity index (χ0v) is 11.1. The summed E-state index contributed by atoms with van der Waals surface area (Å²) >= 11 is 0. The zero-order chi connectivity index (χ0) is 14.7. The van der Waals surface area contributed by atoms with Crippen molar-refractivity contribution in [2.75, 3.05) is 26.7 Å². The van der Waals surface area contributed by atoms with Crippen molar-refractivity contribution in [2.45, 2.75) is 6.42 Å². The third-order valence-corrected chi connectivity index (χ3v) is 3.16.